The van der Waals surface area contributed by atoms with Crippen molar-refractivity contribution >= 4 is 5.82 Å². The van der Waals surface area contributed by atoms with Crippen LogP contribution in [0.15, 0.2) is 42.7 Å². The Morgan fingerprint density at radius 3 is 2.88 bits per heavy atom. The summed E-state index contributed by atoms with van der Waals surface area (Å²) in [4.78, 5) is 8.74. The van der Waals surface area contributed by atoms with E-state index in [1.165, 1.54) is 0 Å². The number of nitrogens with zero attached hydrogens (tertiary/aromatic N) is 3. The van der Waals surface area contributed by atoms with E-state index in [1.54, 1.807) is 24.5 Å². The second-order valence-electron chi connectivity index (χ2n) is 5.52. The van der Waals surface area contributed by atoms with Gasteiger partial charge in [0.05, 0.1) is 11.3 Å². The molecule has 0 spiro atoms. The number of aromatic amines is 1. The molecule has 0 saturated carbocycles. The average molecular weight is 324 g/mol. The highest BCUT2D eigenvalue weighted by atomic mass is 16.3. The van der Waals surface area contributed by atoms with E-state index in [4.69, 9.17) is 5.73 Å². The van der Waals surface area contributed by atoms with E-state index in [0.717, 1.165) is 17.7 Å². The average Bonchev–Trinajstić information content (AvgIpc) is 3.15. The highest BCUT2D eigenvalue weighted by molar-refractivity contribution is 5.73. The fraction of sp³-hybridized carbons (Fsp3) is 0.235. The molecule has 3 aromatic rings. The zero-order chi connectivity index (χ0) is 16.9. The zero-order valence-electron chi connectivity index (χ0n) is 13.4. The molecule has 0 bridgehead atoms. The molecule has 0 amide bonds. The van der Waals surface area contributed by atoms with E-state index < -0.39 is 0 Å². The van der Waals surface area contributed by atoms with Gasteiger partial charge in [0.1, 0.15) is 11.6 Å². The summed E-state index contributed by atoms with van der Waals surface area (Å²) in [5.41, 5.74) is 8.23. The molecule has 0 unspecified atom stereocenters. The maximum atomic E-state index is 10.2. The number of aromatic nitrogens is 4. The van der Waals surface area contributed by atoms with Crippen LogP contribution in [-0.4, -0.2) is 37.9 Å². The molecule has 24 heavy (non-hydrogen) atoms. The Kier molecular flexibility index (Phi) is 4.72. The SMILES string of the molecule is CC[C@H](N)CNc1ccnc(-c2cc(-c3ccn[nH]3)ccc2O)n1. The summed E-state index contributed by atoms with van der Waals surface area (Å²) in [5.74, 6) is 1.25. The summed E-state index contributed by atoms with van der Waals surface area (Å²) in [7, 11) is 0. The third-order valence-electron chi connectivity index (χ3n) is 3.77. The summed E-state index contributed by atoms with van der Waals surface area (Å²) in [6.07, 6.45) is 4.22. The first-order valence-corrected chi connectivity index (χ1v) is 7.83. The lowest BCUT2D eigenvalue weighted by Gasteiger charge is -2.12. The number of anilines is 1. The van der Waals surface area contributed by atoms with Crippen LogP contribution in [0.3, 0.4) is 0 Å². The Bertz CT molecular complexity index is 803. The number of hydrogen-bond acceptors (Lipinski definition) is 6. The molecule has 0 aliphatic heterocycles. The molecule has 2 heterocycles. The van der Waals surface area contributed by atoms with Gasteiger partial charge in [-0.2, -0.15) is 5.10 Å². The van der Waals surface area contributed by atoms with Crippen LogP contribution in [0.1, 0.15) is 13.3 Å². The Morgan fingerprint density at radius 2 is 2.12 bits per heavy atom. The summed E-state index contributed by atoms with van der Waals surface area (Å²) in [6, 6.07) is 8.99. The molecule has 3 rings (SSSR count). The van der Waals surface area contributed by atoms with Crippen LogP contribution in [0.25, 0.3) is 22.6 Å². The van der Waals surface area contributed by atoms with E-state index in [2.05, 4.69) is 25.5 Å². The molecular weight excluding hydrogens is 304 g/mol. The van der Waals surface area contributed by atoms with Gasteiger partial charge < -0.3 is 16.2 Å². The van der Waals surface area contributed by atoms with Crippen LogP contribution in [0.4, 0.5) is 5.82 Å². The fourth-order valence-electron chi connectivity index (χ4n) is 2.27. The van der Waals surface area contributed by atoms with Crippen molar-refractivity contribution in [2.75, 3.05) is 11.9 Å². The first kappa shape index (κ1) is 15.9. The van der Waals surface area contributed by atoms with Gasteiger partial charge in [-0.05, 0) is 36.8 Å². The zero-order valence-corrected chi connectivity index (χ0v) is 13.4. The van der Waals surface area contributed by atoms with Crippen LogP contribution < -0.4 is 11.1 Å². The minimum Gasteiger partial charge on any atom is -0.507 e. The van der Waals surface area contributed by atoms with Gasteiger partial charge in [0.15, 0.2) is 5.82 Å². The van der Waals surface area contributed by atoms with Crippen LogP contribution in [0, 0.1) is 0 Å². The predicted molar refractivity (Wildman–Crippen MR) is 93.5 cm³/mol. The summed E-state index contributed by atoms with van der Waals surface area (Å²) < 4.78 is 0. The number of H-pyrrole nitrogens is 1. The number of phenolic OH excluding ortho intramolecular Hbond substituents is 1. The molecule has 5 N–H and O–H groups in total. The van der Waals surface area contributed by atoms with Crippen LogP contribution in [0.2, 0.25) is 0 Å². The van der Waals surface area contributed by atoms with Gasteiger partial charge in [-0.25, -0.2) is 9.97 Å². The number of aromatic hydroxyl groups is 1. The van der Waals surface area contributed by atoms with Gasteiger partial charge in [-0.1, -0.05) is 6.92 Å². The number of benzene rings is 1. The Labute approximate surface area is 140 Å². The van der Waals surface area contributed by atoms with Crippen LogP contribution in [0.5, 0.6) is 5.75 Å². The molecule has 7 nitrogen and oxygen atoms in total. The molecule has 0 aliphatic carbocycles. The van der Waals surface area contributed by atoms with E-state index in [0.29, 0.717) is 23.8 Å². The summed E-state index contributed by atoms with van der Waals surface area (Å²) in [6.45, 7) is 2.67. The molecule has 0 fully saturated rings. The first-order valence-electron chi connectivity index (χ1n) is 7.83. The van der Waals surface area contributed by atoms with Crippen molar-refractivity contribution in [3.8, 4) is 28.4 Å². The second kappa shape index (κ2) is 7.10. The smallest absolute Gasteiger partial charge is 0.165 e. The second-order valence-corrected chi connectivity index (χ2v) is 5.52. The normalized spacial score (nSPS) is 12.1. The highest BCUT2D eigenvalue weighted by Crippen LogP contribution is 2.31. The van der Waals surface area contributed by atoms with Crippen LogP contribution in [-0.2, 0) is 0 Å². The minimum atomic E-state index is 0.0699. The van der Waals surface area contributed by atoms with Gasteiger partial charge in [0.25, 0.3) is 0 Å². The number of nitrogens with one attached hydrogen (secondary N) is 2. The summed E-state index contributed by atoms with van der Waals surface area (Å²) in [5, 5.41) is 20.2. The predicted octanol–water partition coefficient (Wildman–Crippen LogP) is 2.39. The number of phenols is 1. The van der Waals surface area contributed by atoms with E-state index in [-0.39, 0.29) is 11.8 Å². The van der Waals surface area contributed by atoms with E-state index >= 15 is 0 Å². The molecule has 1 aromatic carbocycles. The van der Waals surface area contributed by atoms with Crippen molar-refractivity contribution in [1.29, 1.82) is 0 Å². The Hall–Kier alpha value is -2.93. The molecule has 1 atom stereocenters. The van der Waals surface area contributed by atoms with E-state index in [9.17, 15) is 5.11 Å². The maximum Gasteiger partial charge on any atom is 0.165 e. The van der Waals surface area contributed by atoms with Gasteiger partial charge in [0, 0.05) is 30.5 Å². The Morgan fingerprint density at radius 1 is 1.25 bits per heavy atom. The number of hydrogen-bond donors (Lipinski definition) is 4. The van der Waals surface area contributed by atoms with Crippen molar-refractivity contribution in [3.05, 3.63) is 42.7 Å². The van der Waals surface area contributed by atoms with Crippen molar-refractivity contribution in [2.24, 2.45) is 5.73 Å². The van der Waals surface area contributed by atoms with Crippen molar-refractivity contribution in [1.82, 2.24) is 20.2 Å². The molecule has 7 heteroatoms. The lowest BCUT2D eigenvalue weighted by molar-refractivity contribution is 0.477. The molecular formula is C17H20N6O. The maximum absolute atomic E-state index is 10.2. The molecule has 0 aliphatic rings. The molecule has 0 saturated heterocycles. The van der Waals surface area contributed by atoms with Gasteiger partial charge in [0.2, 0.25) is 0 Å². The molecule has 0 radical (unpaired) electrons. The number of rotatable bonds is 6. The van der Waals surface area contributed by atoms with Crippen LogP contribution >= 0.6 is 0 Å². The van der Waals surface area contributed by atoms with Gasteiger partial charge >= 0.3 is 0 Å². The van der Waals surface area contributed by atoms with Gasteiger partial charge in [-0.3, -0.25) is 5.10 Å². The summed E-state index contributed by atoms with van der Waals surface area (Å²) >= 11 is 0. The fourth-order valence-corrected chi connectivity index (χ4v) is 2.27. The minimum absolute atomic E-state index is 0.0699. The monoisotopic (exact) mass is 324 g/mol. The topological polar surface area (TPSA) is 113 Å². The first-order chi connectivity index (χ1) is 11.7. The standard InChI is InChI=1S/C17H20N6O/c1-2-12(18)10-20-16-6-7-19-17(22-16)13-9-11(3-4-15(13)24)14-5-8-21-23-14/h3-9,12,24H,2,10,18H2,1H3,(H,21,23)(H,19,20,22)/t12-/m0/s1. The largest absolute Gasteiger partial charge is 0.507 e. The van der Waals surface area contributed by atoms with Crippen molar-refractivity contribution < 1.29 is 5.11 Å². The Balaban J connectivity index is 1.90. The molecule has 124 valence electrons. The van der Waals surface area contributed by atoms with Crippen molar-refractivity contribution in [2.45, 2.75) is 19.4 Å². The third kappa shape index (κ3) is 3.52. The lowest BCUT2D eigenvalue weighted by atomic mass is 10.1. The highest BCUT2D eigenvalue weighted by Gasteiger charge is 2.11. The van der Waals surface area contributed by atoms with Crippen molar-refractivity contribution in [3.63, 3.8) is 0 Å². The third-order valence-corrected chi connectivity index (χ3v) is 3.77. The van der Waals surface area contributed by atoms with Gasteiger partial charge in [-0.15, -0.1) is 0 Å². The van der Waals surface area contributed by atoms with E-state index in [1.807, 2.05) is 25.1 Å². The quantitative estimate of drug-likeness (QED) is 0.554. The number of nitrogens with two attached hydrogens (primary N) is 1. The molecule has 2 aromatic heterocycles. The lowest BCUT2D eigenvalue weighted by Crippen LogP contribution is -2.28.